The number of hydrogen-bond acceptors (Lipinski definition) is 4. The summed E-state index contributed by atoms with van der Waals surface area (Å²) in [5.74, 6) is 0.216. The van der Waals surface area contributed by atoms with Crippen molar-refractivity contribution in [3.05, 3.63) is 43.9 Å². The normalized spacial score (nSPS) is 10.4. The van der Waals surface area contributed by atoms with Gasteiger partial charge in [-0.05, 0) is 12.1 Å². The molecule has 0 atom stereocenters. The van der Waals surface area contributed by atoms with Crippen LogP contribution >= 0.6 is 34.8 Å². The first-order valence-corrected chi connectivity index (χ1v) is 5.16. The van der Waals surface area contributed by atoms with E-state index < -0.39 is 5.56 Å². The smallest absolute Gasteiger partial charge is 0.266 e. The number of aromatic nitrogens is 4. The van der Waals surface area contributed by atoms with Crippen molar-refractivity contribution in [1.29, 1.82) is 0 Å². The molecule has 0 spiro atoms. The first-order valence-electron chi connectivity index (χ1n) is 4.02. The summed E-state index contributed by atoms with van der Waals surface area (Å²) < 4.78 is 0.984. The molecule has 0 saturated heterocycles. The number of nitrogens with zero attached hydrogens (tertiary/aromatic N) is 4. The van der Waals surface area contributed by atoms with Gasteiger partial charge in [-0.15, -0.1) is 10.2 Å². The quantitative estimate of drug-likeness (QED) is 0.800. The van der Waals surface area contributed by atoms with Gasteiger partial charge in [0.25, 0.3) is 5.56 Å². The molecule has 0 radical (unpaired) electrons. The lowest BCUT2D eigenvalue weighted by atomic mass is 10.5. The minimum absolute atomic E-state index is 0.0878. The fourth-order valence-electron chi connectivity index (χ4n) is 0.998. The minimum atomic E-state index is -0.564. The predicted molar refractivity (Wildman–Crippen MR) is 60.5 cm³/mol. The third-order valence-electron chi connectivity index (χ3n) is 1.71. The zero-order chi connectivity index (χ0) is 11.7. The summed E-state index contributed by atoms with van der Waals surface area (Å²) in [7, 11) is 0. The topological polar surface area (TPSA) is 60.7 Å². The molecule has 0 amide bonds. The molecule has 0 aliphatic rings. The molecular weight excluding hydrogens is 274 g/mol. The molecule has 2 aromatic rings. The maximum Gasteiger partial charge on any atom is 0.293 e. The van der Waals surface area contributed by atoms with Crippen molar-refractivity contribution in [2.75, 3.05) is 0 Å². The average Bonchev–Trinajstić information content (AvgIpc) is 2.28. The van der Waals surface area contributed by atoms with Gasteiger partial charge in [0.2, 0.25) is 0 Å². The van der Waals surface area contributed by atoms with E-state index in [1.165, 1.54) is 18.3 Å². The van der Waals surface area contributed by atoms with Crippen molar-refractivity contribution in [2.24, 2.45) is 0 Å². The molecule has 8 heteroatoms. The van der Waals surface area contributed by atoms with Crippen LogP contribution in [0.1, 0.15) is 0 Å². The molecule has 2 aromatic heterocycles. The van der Waals surface area contributed by atoms with Gasteiger partial charge in [-0.3, -0.25) is 4.79 Å². The van der Waals surface area contributed by atoms with Crippen LogP contribution in [0.2, 0.25) is 15.2 Å². The van der Waals surface area contributed by atoms with E-state index >= 15 is 0 Å². The number of halogens is 3. The molecule has 0 aromatic carbocycles. The summed E-state index contributed by atoms with van der Waals surface area (Å²) in [4.78, 5) is 11.7. The first-order chi connectivity index (χ1) is 7.59. The Morgan fingerprint density at radius 3 is 2.50 bits per heavy atom. The summed E-state index contributed by atoms with van der Waals surface area (Å²) in [6, 6.07) is 2.98. The summed E-state index contributed by atoms with van der Waals surface area (Å²) >= 11 is 16.9. The highest BCUT2D eigenvalue weighted by Crippen LogP contribution is 2.15. The van der Waals surface area contributed by atoms with Gasteiger partial charge >= 0.3 is 0 Å². The fourth-order valence-corrected chi connectivity index (χ4v) is 1.35. The molecule has 0 saturated carbocycles. The van der Waals surface area contributed by atoms with E-state index in [1.54, 1.807) is 0 Å². The lowest BCUT2D eigenvalue weighted by Crippen LogP contribution is -2.22. The Bertz CT molecular complexity index is 581. The van der Waals surface area contributed by atoms with Gasteiger partial charge in [0.15, 0.2) is 11.0 Å². The Balaban J connectivity index is 2.61. The van der Waals surface area contributed by atoms with E-state index in [2.05, 4.69) is 15.3 Å². The van der Waals surface area contributed by atoms with Gasteiger partial charge < -0.3 is 0 Å². The predicted octanol–water partition coefficient (Wildman–Crippen LogP) is 1.98. The summed E-state index contributed by atoms with van der Waals surface area (Å²) in [5.41, 5.74) is -0.564. The SMILES string of the molecule is O=c1c(Cl)c(Cl)cnn1-c1ccc(Cl)nn1. The highest BCUT2D eigenvalue weighted by atomic mass is 35.5. The van der Waals surface area contributed by atoms with Crippen LogP contribution in [-0.4, -0.2) is 20.0 Å². The van der Waals surface area contributed by atoms with Crippen LogP contribution < -0.4 is 5.56 Å². The standard InChI is InChI=1S/C8H3Cl3N4O/c9-4-3-12-15(8(16)7(4)11)6-2-1-5(10)13-14-6/h1-3H. The summed E-state index contributed by atoms with van der Waals surface area (Å²) in [6.45, 7) is 0. The van der Waals surface area contributed by atoms with Crippen LogP contribution in [0.5, 0.6) is 0 Å². The third kappa shape index (κ3) is 2.02. The number of hydrogen-bond donors (Lipinski definition) is 0. The van der Waals surface area contributed by atoms with Gasteiger partial charge in [-0.2, -0.15) is 9.78 Å². The summed E-state index contributed by atoms with van der Waals surface area (Å²) in [5, 5.41) is 11.3. The molecule has 0 fully saturated rings. The monoisotopic (exact) mass is 276 g/mol. The van der Waals surface area contributed by atoms with Crippen LogP contribution in [0.4, 0.5) is 0 Å². The third-order valence-corrected chi connectivity index (χ3v) is 2.66. The van der Waals surface area contributed by atoms with E-state index in [0.29, 0.717) is 0 Å². The van der Waals surface area contributed by atoms with Crippen LogP contribution in [0.3, 0.4) is 0 Å². The molecule has 2 rings (SSSR count). The molecule has 0 aliphatic carbocycles. The number of rotatable bonds is 1. The Kier molecular flexibility index (Phi) is 3.09. The van der Waals surface area contributed by atoms with Crippen LogP contribution in [0.15, 0.2) is 23.1 Å². The maximum atomic E-state index is 11.7. The Labute approximate surface area is 105 Å². The van der Waals surface area contributed by atoms with Crippen LogP contribution in [0, 0.1) is 0 Å². The Hall–Kier alpha value is -1.17. The molecule has 0 bridgehead atoms. The van der Waals surface area contributed by atoms with Crippen molar-refractivity contribution in [2.45, 2.75) is 0 Å². The molecule has 2 heterocycles. The van der Waals surface area contributed by atoms with Gasteiger partial charge in [0.1, 0.15) is 5.02 Å². The van der Waals surface area contributed by atoms with Crippen LogP contribution in [0.25, 0.3) is 5.82 Å². The highest BCUT2D eigenvalue weighted by Gasteiger charge is 2.09. The van der Waals surface area contributed by atoms with E-state index in [-0.39, 0.29) is 21.0 Å². The van der Waals surface area contributed by atoms with Crippen LogP contribution in [-0.2, 0) is 0 Å². The molecule has 82 valence electrons. The lowest BCUT2D eigenvalue weighted by Gasteiger charge is -2.02. The van der Waals surface area contributed by atoms with E-state index in [0.717, 1.165) is 4.68 Å². The molecule has 5 nitrogen and oxygen atoms in total. The molecule has 16 heavy (non-hydrogen) atoms. The van der Waals surface area contributed by atoms with E-state index in [9.17, 15) is 4.79 Å². The second-order valence-electron chi connectivity index (χ2n) is 2.74. The van der Waals surface area contributed by atoms with Crippen molar-refractivity contribution in [3.8, 4) is 5.82 Å². The molecule has 0 N–H and O–H groups in total. The molecule has 0 unspecified atom stereocenters. The fraction of sp³-hybridized carbons (Fsp3) is 0. The second-order valence-corrected chi connectivity index (χ2v) is 3.91. The Morgan fingerprint density at radius 1 is 1.12 bits per heavy atom. The second kappa shape index (κ2) is 4.37. The molecular formula is C8H3Cl3N4O. The van der Waals surface area contributed by atoms with Crippen molar-refractivity contribution in [3.63, 3.8) is 0 Å². The zero-order valence-electron chi connectivity index (χ0n) is 7.56. The van der Waals surface area contributed by atoms with Gasteiger partial charge in [0.05, 0.1) is 11.2 Å². The summed E-state index contributed by atoms with van der Waals surface area (Å²) in [6.07, 6.45) is 1.25. The van der Waals surface area contributed by atoms with Gasteiger partial charge in [-0.25, -0.2) is 0 Å². The van der Waals surface area contributed by atoms with E-state index in [1.807, 2.05) is 0 Å². The van der Waals surface area contributed by atoms with E-state index in [4.69, 9.17) is 34.8 Å². The highest BCUT2D eigenvalue weighted by molar-refractivity contribution is 6.41. The largest absolute Gasteiger partial charge is 0.293 e. The van der Waals surface area contributed by atoms with Gasteiger partial charge in [0, 0.05) is 0 Å². The Morgan fingerprint density at radius 2 is 1.88 bits per heavy atom. The lowest BCUT2D eigenvalue weighted by molar-refractivity contribution is 0.761. The first kappa shape index (κ1) is 11.3. The maximum absolute atomic E-state index is 11.7. The zero-order valence-corrected chi connectivity index (χ0v) is 9.83. The molecule has 0 aliphatic heterocycles. The van der Waals surface area contributed by atoms with Crippen molar-refractivity contribution in [1.82, 2.24) is 20.0 Å². The minimum Gasteiger partial charge on any atom is -0.266 e. The van der Waals surface area contributed by atoms with Crippen molar-refractivity contribution >= 4 is 34.8 Å². The van der Waals surface area contributed by atoms with Gasteiger partial charge in [-0.1, -0.05) is 34.8 Å². The average molecular weight is 277 g/mol. The van der Waals surface area contributed by atoms with Crippen molar-refractivity contribution < 1.29 is 0 Å².